The molecular formula is C25H26N2O3. The zero-order valence-electron chi connectivity index (χ0n) is 17.6. The molecule has 0 fully saturated rings. The van der Waals surface area contributed by atoms with Gasteiger partial charge in [-0.25, -0.2) is 0 Å². The van der Waals surface area contributed by atoms with Gasteiger partial charge in [0.25, 0.3) is 0 Å². The molecule has 0 saturated heterocycles. The van der Waals surface area contributed by atoms with Gasteiger partial charge in [-0.15, -0.1) is 0 Å². The Bertz CT molecular complexity index is 1140. The van der Waals surface area contributed by atoms with Gasteiger partial charge in [-0.05, 0) is 62.4 Å². The molecule has 1 aliphatic rings. The number of nitrogens with zero attached hydrogens (tertiary/aromatic N) is 2. The van der Waals surface area contributed by atoms with Crippen LogP contribution in [0.2, 0.25) is 0 Å². The van der Waals surface area contributed by atoms with Crippen LogP contribution in [0.25, 0.3) is 10.9 Å². The van der Waals surface area contributed by atoms with E-state index < -0.39 is 0 Å². The van der Waals surface area contributed by atoms with E-state index >= 15 is 0 Å². The lowest BCUT2D eigenvalue weighted by Gasteiger charge is -2.15. The monoisotopic (exact) mass is 402 g/mol. The highest BCUT2D eigenvalue weighted by molar-refractivity contribution is 5.88. The number of hydrogen-bond donors (Lipinski definition) is 0. The van der Waals surface area contributed by atoms with Gasteiger partial charge in [0.1, 0.15) is 5.75 Å². The summed E-state index contributed by atoms with van der Waals surface area (Å²) < 4.78 is 13.2. The first-order valence-electron chi connectivity index (χ1n) is 10.4. The summed E-state index contributed by atoms with van der Waals surface area (Å²) in [5, 5.41) is 10.5. The molecule has 0 saturated carbocycles. The lowest BCUT2D eigenvalue weighted by Crippen LogP contribution is -2.16. The highest BCUT2D eigenvalue weighted by Gasteiger charge is 2.30. The van der Waals surface area contributed by atoms with Crippen molar-refractivity contribution >= 4 is 16.9 Å². The SMILES string of the molecule is COc1ccccc1Cn1c2c(c3cc(C#N)ccc31)C[C@H](CC(=O)OC(C)C)C2. The molecule has 1 heterocycles. The topological polar surface area (TPSA) is 64.2 Å². The minimum absolute atomic E-state index is 0.0975. The van der Waals surface area contributed by atoms with Crippen molar-refractivity contribution in [3.05, 3.63) is 64.8 Å². The Balaban J connectivity index is 1.72. The number of fused-ring (bicyclic) bond motifs is 3. The minimum atomic E-state index is -0.140. The van der Waals surface area contributed by atoms with Gasteiger partial charge in [-0.2, -0.15) is 5.26 Å². The first-order valence-corrected chi connectivity index (χ1v) is 10.4. The largest absolute Gasteiger partial charge is 0.496 e. The molecule has 1 aliphatic carbocycles. The Morgan fingerprint density at radius 2 is 2.03 bits per heavy atom. The summed E-state index contributed by atoms with van der Waals surface area (Å²) in [7, 11) is 1.69. The molecule has 1 aromatic heterocycles. The van der Waals surface area contributed by atoms with Crippen LogP contribution in [0, 0.1) is 17.2 Å². The van der Waals surface area contributed by atoms with E-state index in [1.54, 1.807) is 7.11 Å². The van der Waals surface area contributed by atoms with Crippen molar-refractivity contribution in [3.8, 4) is 11.8 Å². The number of ether oxygens (including phenoxy) is 2. The first-order chi connectivity index (χ1) is 14.5. The van der Waals surface area contributed by atoms with E-state index in [4.69, 9.17) is 9.47 Å². The molecule has 154 valence electrons. The molecule has 1 atom stereocenters. The van der Waals surface area contributed by atoms with E-state index in [0.29, 0.717) is 18.5 Å². The summed E-state index contributed by atoms with van der Waals surface area (Å²) in [5.41, 5.74) is 5.37. The number of carbonyl (C=O) groups is 1. The highest BCUT2D eigenvalue weighted by Crippen LogP contribution is 2.38. The predicted octanol–water partition coefficient (Wildman–Crippen LogP) is 4.63. The maximum atomic E-state index is 12.2. The molecule has 0 N–H and O–H groups in total. The second-order valence-electron chi connectivity index (χ2n) is 8.18. The average molecular weight is 402 g/mol. The maximum Gasteiger partial charge on any atom is 0.306 e. The fourth-order valence-electron chi connectivity index (χ4n) is 4.52. The van der Waals surface area contributed by atoms with Crippen LogP contribution in [-0.2, 0) is 28.9 Å². The maximum absolute atomic E-state index is 12.2. The number of rotatable bonds is 6. The second-order valence-corrected chi connectivity index (χ2v) is 8.18. The van der Waals surface area contributed by atoms with Crippen molar-refractivity contribution in [2.45, 2.75) is 45.8 Å². The number of para-hydroxylation sites is 1. The molecule has 0 spiro atoms. The summed E-state index contributed by atoms with van der Waals surface area (Å²) >= 11 is 0. The van der Waals surface area contributed by atoms with Crippen LogP contribution >= 0.6 is 0 Å². The smallest absolute Gasteiger partial charge is 0.306 e. The Morgan fingerprint density at radius 1 is 1.23 bits per heavy atom. The molecule has 2 aromatic carbocycles. The number of nitriles is 1. The van der Waals surface area contributed by atoms with Crippen LogP contribution in [0.3, 0.4) is 0 Å². The van der Waals surface area contributed by atoms with Gasteiger partial charge >= 0.3 is 5.97 Å². The summed E-state index contributed by atoms with van der Waals surface area (Å²) in [6, 6.07) is 16.2. The zero-order chi connectivity index (χ0) is 21.3. The molecule has 0 unspecified atom stereocenters. The van der Waals surface area contributed by atoms with Crippen molar-refractivity contribution in [2.24, 2.45) is 5.92 Å². The van der Waals surface area contributed by atoms with Gasteiger partial charge in [-0.1, -0.05) is 18.2 Å². The Kier molecular flexibility index (Phi) is 5.50. The van der Waals surface area contributed by atoms with Crippen LogP contribution in [0.5, 0.6) is 5.75 Å². The third kappa shape index (κ3) is 3.78. The molecule has 3 aromatic rings. The molecule has 0 amide bonds. The molecule has 0 radical (unpaired) electrons. The van der Waals surface area contributed by atoms with Crippen molar-refractivity contribution in [1.29, 1.82) is 5.26 Å². The number of carbonyl (C=O) groups excluding carboxylic acids is 1. The number of esters is 1. The number of aromatic nitrogens is 1. The average Bonchev–Trinajstić information content (AvgIpc) is 3.25. The van der Waals surface area contributed by atoms with E-state index in [-0.39, 0.29) is 18.0 Å². The van der Waals surface area contributed by atoms with Gasteiger partial charge in [0.15, 0.2) is 0 Å². The van der Waals surface area contributed by atoms with Gasteiger partial charge in [0, 0.05) is 28.6 Å². The molecule has 4 rings (SSSR count). The first kappa shape index (κ1) is 20.0. The van der Waals surface area contributed by atoms with Crippen molar-refractivity contribution in [1.82, 2.24) is 4.57 Å². The normalized spacial score (nSPS) is 15.2. The third-order valence-electron chi connectivity index (χ3n) is 5.73. The molecule has 0 bridgehead atoms. The van der Waals surface area contributed by atoms with Gasteiger partial charge < -0.3 is 14.0 Å². The lowest BCUT2D eigenvalue weighted by atomic mass is 10.0. The van der Waals surface area contributed by atoms with Crippen LogP contribution in [-0.4, -0.2) is 23.8 Å². The van der Waals surface area contributed by atoms with Crippen LogP contribution in [0.15, 0.2) is 42.5 Å². The second kappa shape index (κ2) is 8.23. The van der Waals surface area contributed by atoms with Crippen LogP contribution < -0.4 is 4.74 Å². The Labute approximate surface area is 176 Å². The van der Waals surface area contributed by atoms with Crippen molar-refractivity contribution < 1.29 is 14.3 Å². The van der Waals surface area contributed by atoms with E-state index in [1.165, 1.54) is 11.3 Å². The van der Waals surface area contributed by atoms with Crippen LogP contribution in [0.1, 0.15) is 42.7 Å². The van der Waals surface area contributed by atoms with Crippen LogP contribution in [0.4, 0.5) is 0 Å². The van der Waals surface area contributed by atoms with Gasteiger partial charge in [0.2, 0.25) is 0 Å². The standard InChI is InChI=1S/C25H26N2O3/c1-16(2)30-25(28)13-18-11-21-20-10-17(14-26)8-9-22(20)27(23(21)12-18)15-19-6-4-5-7-24(19)29-3/h4-10,16,18H,11-13,15H2,1-3H3/t18-/m0/s1. The third-order valence-corrected chi connectivity index (χ3v) is 5.73. The number of benzene rings is 2. The molecule has 0 aliphatic heterocycles. The quantitative estimate of drug-likeness (QED) is 0.564. The van der Waals surface area contributed by atoms with E-state index in [9.17, 15) is 10.1 Å². The van der Waals surface area contributed by atoms with Gasteiger partial charge in [-0.3, -0.25) is 4.79 Å². The van der Waals surface area contributed by atoms with E-state index in [0.717, 1.165) is 35.1 Å². The number of hydrogen-bond acceptors (Lipinski definition) is 4. The van der Waals surface area contributed by atoms with Crippen molar-refractivity contribution in [3.63, 3.8) is 0 Å². The summed E-state index contributed by atoms with van der Waals surface area (Å²) in [6.45, 7) is 4.43. The Hall–Kier alpha value is -3.26. The highest BCUT2D eigenvalue weighted by atomic mass is 16.5. The molecule has 30 heavy (non-hydrogen) atoms. The number of methoxy groups -OCH3 is 1. The van der Waals surface area contributed by atoms with E-state index in [1.807, 2.05) is 50.2 Å². The summed E-state index contributed by atoms with van der Waals surface area (Å²) in [4.78, 5) is 12.2. The molecular weight excluding hydrogens is 376 g/mol. The predicted molar refractivity (Wildman–Crippen MR) is 115 cm³/mol. The minimum Gasteiger partial charge on any atom is -0.496 e. The molecule has 5 heteroatoms. The lowest BCUT2D eigenvalue weighted by molar-refractivity contribution is -0.148. The van der Waals surface area contributed by atoms with E-state index in [2.05, 4.69) is 16.7 Å². The Morgan fingerprint density at radius 3 is 2.77 bits per heavy atom. The summed E-state index contributed by atoms with van der Waals surface area (Å²) in [6.07, 6.45) is 1.97. The van der Waals surface area contributed by atoms with Gasteiger partial charge in [0.05, 0.1) is 31.4 Å². The molecule has 5 nitrogen and oxygen atoms in total. The fraction of sp³-hybridized carbons (Fsp3) is 0.360. The van der Waals surface area contributed by atoms with Crippen molar-refractivity contribution in [2.75, 3.05) is 7.11 Å². The zero-order valence-corrected chi connectivity index (χ0v) is 17.6. The fourth-order valence-corrected chi connectivity index (χ4v) is 4.52. The summed E-state index contributed by atoms with van der Waals surface area (Å²) in [5.74, 6) is 0.940.